The molecule has 0 aliphatic heterocycles. The third kappa shape index (κ3) is 2.31. The first-order valence-corrected chi connectivity index (χ1v) is 6.53. The summed E-state index contributed by atoms with van der Waals surface area (Å²) in [5, 5.41) is 0. The van der Waals surface area contributed by atoms with E-state index in [1.54, 1.807) is 0 Å². The number of hydrogen-bond donors (Lipinski definition) is 2. The maximum absolute atomic E-state index is 11.7. The van der Waals surface area contributed by atoms with E-state index in [9.17, 15) is 8.42 Å². The van der Waals surface area contributed by atoms with Crippen molar-refractivity contribution in [2.45, 2.75) is 4.21 Å². The van der Waals surface area contributed by atoms with Crippen LogP contribution in [-0.2, 0) is 10.0 Å². The fraction of sp³-hybridized carbons (Fsp3) is 0. The lowest BCUT2D eigenvalue weighted by atomic mass is 10.7. The molecule has 2 aromatic rings. The van der Waals surface area contributed by atoms with Gasteiger partial charge in [0.25, 0.3) is 10.0 Å². The van der Waals surface area contributed by atoms with E-state index in [4.69, 9.17) is 11.6 Å². The molecule has 8 heteroatoms. The van der Waals surface area contributed by atoms with E-state index >= 15 is 0 Å². The van der Waals surface area contributed by atoms with Crippen LogP contribution in [0.15, 0.2) is 28.7 Å². The average molecular weight is 264 g/mol. The van der Waals surface area contributed by atoms with Crippen molar-refractivity contribution in [1.82, 2.24) is 9.97 Å². The van der Waals surface area contributed by atoms with Crippen LogP contribution in [0.25, 0.3) is 0 Å². The van der Waals surface area contributed by atoms with Gasteiger partial charge in [-0.15, -0.1) is 11.3 Å². The first-order chi connectivity index (χ1) is 7.08. The molecule has 0 aliphatic carbocycles. The predicted octanol–water partition coefficient (Wildman–Crippen LogP) is 1.93. The monoisotopic (exact) mass is 263 g/mol. The number of imidazole rings is 1. The summed E-state index contributed by atoms with van der Waals surface area (Å²) in [6, 6.07) is 2.97. The largest absolute Gasteiger partial charge is 0.330 e. The van der Waals surface area contributed by atoms with E-state index in [1.165, 1.54) is 24.5 Å². The van der Waals surface area contributed by atoms with Gasteiger partial charge in [0.05, 0.1) is 4.34 Å². The Labute approximate surface area is 95.2 Å². The summed E-state index contributed by atoms with van der Waals surface area (Å²) in [6.45, 7) is 0. The van der Waals surface area contributed by atoms with Crippen LogP contribution in [0.2, 0.25) is 4.34 Å². The maximum atomic E-state index is 11.7. The van der Waals surface area contributed by atoms with Crippen LogP contribution in [-0.4, -0.2) is 18.4 Å². The fourth-order valence-electron chi connectivity index (χ4n) is 0.941. The van der Waals surface area contributed by atoms with Crippen LogP contribution in [0.1, 0.15) is 0 Å². The maximum Gasteiger partial charge on any atom is 0.273 e. The van der Waals surface area contributed by atoms with Crippen molar-refractivity contribution < 1.29 is 8.42 Å². The average Bonchev–Trinajstić information content (AvgIpc) is 2.75. The number of nitrogens with one attached hydrogen (secondary N) is 2. The van der Waals surface area contributed by atoms with E-state index in [1.807, 2.05) is 0 Å². The van der Waals surface area contributed by atoms with Gasteiger partial charge in [0.15, 0.2) is 0 Å². The summed E-state index contributed by atoms with van der Waals surface area (Å²) in [6.07, 6.45) is 2.98. The minimum absolute atomic E-state index is 0.156. The number of halogens is 1. The van der Waals surface area contributed by atoms with Gasteiger partial charge in [0.2, 0.25) is 5.95 Å². The van der Waals surface area contributed by atoms with Crippen LogP contribution in [0.5, 0.6) is 0 Å². The van der Waals surface area contributed by atoms with E-state index in [0.29, 0.717) is 4.34 Å². The quantitative estimate of drug-likeness (QED) is 0.888. The van der Waals surface area contributed by atoms with Crippen LogP contribution >= 0.6 is 22.9 Å². The highest BCUT2D eigenvalue weighted by atomic mass is 35.5. The molecule has 5 nitrogen and oxygen atoms in total. The lowest BCUT2D eigenvalue weighted by molar-refractivity contribution is 0.603. The molecule has 0 aromatic carbocycles. The van der Waals surface area contributed by atoms with Gasteiger partial charge in [0, 0.05) is 12.4 Å². The van der Waals surface area contributed by atoms with Crippen LogP contribution in [0.4, 0.5) is 5.95 Å². The molecule has 2 N–H and O–H groups in total. The van der Waals surface area contributed by atoms with Crippen molar-refractivity contribution >= 4 is 38.9 Å². The molecular formula is C7H6ClN3O2S2. The van der Waals surface area contributed by atoms with Crippen molar-refractivity contribution in [3.63, 3.8) is 0 Å². The Morgan fingerprint density at radius 1 is 1.47 bits per heavy atom. The zero-order chi connectivity index (χ0) is 10.9. The molecular weight excluding hydrogens is 258 g/mol. The minimum atomic E-state index is -3.57. The molecule has 0 saturated heterocycles. The molecule has 0 fully saturated rings. The van der Waals surface area contributed by atoms with E-state index < -0.39 is 10.0 Å². The molecule has 80 valence electrons. The van der Waals surface area contributed by atoms with Gasteiger partial charge >= 0.3 is 0 Å². The molecule has 0 unspecified atom stereocenters. The Morgan fingerprint density at radius 2 is 2.27 bits per heavy atom. The Kier molecular flexibility index (Phi) is 2.68. The van der Waals surface area contributed by atoms with Gasteiger partial charge < -0.3 is 4.98 Å². The molecule has 2 aromatic heterocycles. The van der Waals surface area contributed by atoms with Gasteiger partial charge in [-0.2, -0.15) is 0 Å². The highest BCUT2D eigenvalue weighted by molar-refractivity contribution is 7.94. The number of H-pyrrole nitrogens is 1. The first kappa shape index (κ1) is 10.5. The van der Waals surface area contributed by atoms with Crippen molar-refractivity contribution in [3.05, 3.63) is 28.9 Å². The van der Waals surface area contributed by atoms with Crippen molar-refractivity contribution in [3.8, 4) is 0 Å². The number of anilines is 1. The standard InChI is InChI=1S/C7H6ClN3O2S2/c8-5-1-2-6(14-5)15(12,13)11-7-9-3-4-10-7/h1-4H,(H2,9,10,11). The highest BCUT2D eigenvalue weighted by Gasteiger charge is 2.17. The summed E-state index contributed by atoms with van der Waals surface area (Å²) in [5.74, 6) is 0.180. The molecule has 0 bridgehead atoms. The van der Waals surface area contributed by atoms with Gasteiger partial charge in [-0.25, -0.2) is 18.1 Å². The van der Waals surface area contributed by atoms with Crippen LogP contribution in [0.3, 0.4) is 0 Å². The zero-order valence-corrected chi connectivity index (χ0v) is 9.66. The number of hydrogen-bond acceptors (Lipinski definition) is 4. The molecule has 0 atom stereocenters. The molecule has 2 rings (SSSR count). The number of rotatable bonds is 3. The lowest BCUT2D eigenvalue weighted by Crippen LogP contribution is -2.12. The summed E-state index contributed by atoms with van der Waals surface area (Å²) < 4.78 is 26.3. The second kappa shape index (κ2) is 3.84. The Balaban J connectivity index is 2.28. The van der Waals surface area contributed by atoms with Crippen molar-refractivity contribution in [2.75, 3.05) is 4.72 Å². The molecule has 0 saturated carbocycles. The lowest BCUT2D eigenvalue weighted by Gasteiger charge is -2.01. The minimum Gasteiger partial charge on any atom is -0.330 e. The molecule has 2 heterocycles. The predicted molar refractivity (Wildman–Crippen MR) is 58.7 cm³/mol. The second-order valence-corrected chi connectivity index (χ2v) is 6.23. The van der Waals surface area contributed by atoms with Crippen LogP contribution in [0, 0.1) is 0 Å². The summed E-state index contributed by atoms with van der Waals surface area (Å²) in [7, 11) is -3.57. The van der Waals surface area contributed by atoms with Crippen molar-refractivity contribution in [2.24, 2.45) is 0 Å². The van der Waals surface area contributed by atoms with Gasteiger partial charge in [-0.05, 0) is 12.1 Å². The van der Waals surface area contributed by atoms with E-state index in [-0.39, 0.29) is 10.2 Å². The number of sulfonamides is 1. The second-order valence-electron chi connectivity index (χ2n) is 2.60. The van der Waals surface area contributed by atoms with Gasteiger partial charge in [-0.1, -0.05) is 11.6 Å². The Bertz CT molecular complexity index is 547. The first-order valence-electron chi connectivity index (χ1n) is 3.85. The zero-order valence-electron chi connectivity index (χ0n) is 7.27. The fourth-order valence-corrected chi connectivity index (χ4v) is 3.40. The normalized spacial score (nSPS) is 11.5. The SMILES string of the molecule is O=S(=O)(Nc1ncc[nH]1)c1ccc(Cl)s1. The summed E-state index contributed by atoms with van der Waals surface area (Å²) in [5.41, 5.74) is 0. The Morgan fingerprint density at radius 3 is 2.80 bits per heavy atom. The van der Waals surface area contributed by atoms with Gasteiger partial charge in [0.1, 0.15) is 4.21 Å². The number of nitrogens with zero attached hydrogens (tertiary/aromatic N) is 1. The number of aromatic nitrogens is 2. The molecule has 0 spiro atoms. The Hall–Kier alpha value is -1.05. The number of thiophene rings is 1. The topological polar surface area (TPSA) is 74.8 Å². The number of aromatic amines is 1. The van der Waals surface area contributed by atoms with Crippen molar-refractivity contribution in [1.29, 1.82) is 0 Å². The molecule has 0 aliphatic rings. The van der Waals surface area contributed by atoms with Crippen LogP contribution < -0.4 is 4.72 Å². The molecule has 0 amide bonds. The third-order valence-electron chi connectivity index (χ3n) is 1.54. The summed E-state index contributed by atoms with van der Waals surface area (Å²) in [4.78, 5) is 6.40. The smallest absolute Gasteiger partial charge is 0.273 e. The van der Waals surface area contributed by atoms with E-state index in [2.05, 4.69) is 14.7 Å². The van der Waals surface area contributed by atoms with E-state index in [0.717, 1.165) is 11.3 Å². The molecule has 15 heavy (non-hydrogen) atoms. The highest BCUT2D eigenvalue weighted by Crippen LogP contribution is 2.26. The summed E-state index contributed by atoms with van der Waals surface area (Å²) >= 11 is 6.64. The van der Waals surface area contributed by atoms with Gasteiger partial charge in [-0.3, -0.25) is 0 Å². The molecule has 0 radical (unpaired) electrons. The third-order valence-corrected chi connectivity index (χ3v) is 4.60.